The maximum Gasteiger partial charge on any atom is 0.322 e. The highest BCUT2D eigenvalue weighted by Gasteiger charge is 2.41. The van der Waals surface area contributed by atoms with E-state index < -0.39 is 24.5 Å². The Hall–Kier alpha value is -2.57. The van der Waals surface area contributed by atoms with Crippen molar-refractivity contribution in [3.8, 4) is 5.75 Å². The molecule has 1 saturated heterocycles. The minimum atomic E-state index is -1.10. The molecule has 7 nitrogen and oxygen atoms in total. The van der Waals surface area contributed by atoms with Crippen LogP contribution in [0.1, 0.15) is 44.2 Å². The van der Waals surface area contributed by atoms with Crippen molar-refractivity contribution in [3.63, 3.8) is 0 Å². The van der Waals surface area contributed by atoms with Gasteiger partial charge in [0.15, 0.2) is 0 Å². The van der Waals surface area contributed by atoms with Crippen LogP contribution in [0.5, 0.6) is 5.75 Å². The zero-order valence-electron chi connectivity index (χ0n) is 15.2. The van der Waals surface area contributed by atoms with Gasteiger partial charge in [-0.1, -0.05) is 31.5 Å². The highest BCUT2D eigenvalue weighted by atomic mass is 16.5. The van der Waals surface area contributed by atoms with Gasteiger partial charge in [0.05, 0.1) is 19.1 Å². The van der Waals surface area contributed by atoms with Crippen LogP contribution in [0.2, 0.25) is 0 Å². The number of carbonyl (C=O) groups is 3. The molecular formula is C19H26N2O5. The number of hydrogen-bond donors (Lipinski definition) is 2. The number of piperidine rings is 1. The van der Waals surface area contributed by atoms with Gasteiger partial charge in [-0.25, -0.2) is 0 Å². The molecule has 0 radical (unpaired) electrons. The number of unbranched alkanes of at least 4 members (excludes halogenated alkanes) is 1. The van der Waals surface area contributed by atoms with Crippen molar-refractivity contribution in [2.24, 2.45) is 5.92 Å². The lowest BCUT2D eigenvalue weighted by Crippen LogP contribution is -2.49. The molecule has 142 valence electrons. The van der Waals surface area contributed by atoms with Gasteiger partial charge in [-0.3, -0.25) is 14.4 Å². The fourth-order valence-corrected chi connectivity index (χ4v) is 3.41. The number of carboxylic acid groups (broad SMARTS) is 1. The second-order valence-electron chi connectivity index (χ2n) is 6.38. The lowest BCUT2D eigenvalue weighted by atomic mass is 9.83. The lowest BCUT2D eigenvalue weighted by molar-refractivity contribution is -0.145. The number of amides is 2. The Morgan fingerprint density at radius 3 is 2.73 bits per heavy atom. The van der Waals surface area contributed by atoms with Crippen LogP contribution < -0.4 is 10.1 Å². The van der Waals surface area contributed by atoms with Gasteiger partial charge < -0.3 is 20.1 Å². The van der Waals surface area contributed by atoms with Gasteiger partial charge in [-0.05, 0) is 18.9 Å². The van der Waals surface area contributed by atoms with Crippen LogP contribution in [-0.2, 0) is 14.4 Å². The summed E-state index contributed by atoms with van der Waals surface area (Å²) in [7, 11) is 1.55. The van der Waals surface area contributed by atoms with Gasteiger partial charge in [0.2, 0.25) is 11.8 Å². The Labute approximate surface area is 153 Å². The normalized spacial score (nSPS) is 19.9. The summed E-state index contributed by atoms with van der Waals surface area (Å²) in [5.74, 6) is -1.33. The molecule has 0 aromatic heterocycles. The van der Waals surface area contributed by atoms with Crippen LogP contribution >= 0.6 is 0 Å². The number of likely N-dealkylation sites (tertiary alicyclic amines) is 1. The van der Waals surface area contributed by atoms with E-state index in [1.807, 2.05) is 25.1 Å². The molecule has 0 saturated carbocycles. The molecular weight excluding hydrogens is 336 g/mol. The third kappa shape index (κ3) is 4.53. The summed E-state index contributed by atoms with van der Waals surface area (Å²) in [5, 5.41) is 11.3. The number of nitrogens with zero attached hydrogens (tertiary/aromatic N) is 1. The van der Waals surface area contributed by atoms with Gasteiger partial charge in [0.1, 0.15) is 12.3 Å². The first-order valence-electron chi connectivity index (χ1n) is 8.91. The number of methoxy groups -OCH3 is 1. The van der Waals surface area contributed by atoms with Gasteiger partial charge in [-0.15, -0.1) is 0 Å². The number of nitrogens with one attached hydrogen (secondary N) is 1. The maximum absolute atomic E-state index is 12.7. The fourth-order valence-electron chi connectivity index (χ4n) is 3.41. The second-order valence-corrected chi connectivity index (χ2v) is 6.38. The Morgan fingerprint density at radius 2 is 2.08 bits per heavy atom. The Morgan fingerprint density at radius 1 is 1.35 bits per heavy atom. The minimum absolute atomic E-state index is 0.0108. The Bertz CT molecular complexity index is 661. The van der Waals surface area contributed by atoms with E-state index in [0.29, 0.717) is 18.7 Å². The summed E-state index contributed by atoms with van der Waals surface area (Å²) in [4.78, 5) is 37.8. The molecule has 1 fully saturated rings. The molecule has 1 aromatic carbocycles. The number of para-hydroxylation sites is 1. The molecule has 0 spiro atoms. The van der Waals surface area contributed by atoms with E-state index in [9.17, 15) is 14.4 Å². The van der Waals surface area contributed by atoms with E-state index in [4.69, 9.17) is 9.84 Å². The summed E-state index contributed by atoms with van der Waals surface area (Å²) >= 11 is 0. The largest absolute Gasteiger partial charge is 0.496 e. The van der Waals surface area contributed by atoms with Gasteiger partial charge in [-0.2, -0.15) is 0 Å². The van der Waals surface area contributed by atoms with Crippen molar-refractivity contribution >= 4 is 17.8 Å². The van der Waals surface area contributed by atoms with Crippen molar-refractivity contribution in [1.82, 2.24) is 10.2 Å². The Kier molecular flexibility index (Phi) is 7.00. The second kappa shape index (κ2) is 9.22. The van der Waals surface area contributed by atoms with Crippen LogP contribution in [0.25, 0.3) is 0 Å². The van der Waals surface area contributed by atoms with Crippen molar-refractivity contribution in [3.05, 3.63) is 29.8 Å². The SMILES string of the molecule is CCCCN1C(=O)CCC(C(=O)NCC(=O)O)C1c1ccccc1OC. The molecule has 1 aliphatic heterocycles. The first-order chi connectivity index (χ1) is 12.5. The molecule has 1 heterocycles. The summed E-state index contributed by atoms with van der Waals surface area (Å²) in [6.45, 7) is 2.17. The van der Waals surface area contributed by atoms with Crippen LogP contribution in [-0.4, -0.2) is 48.0 Å². The third-order valence-corrected chi connectivity index (χ3v) is 4.67. The molecule has 2 rings (SSSR count). The highest BCUT2D eigenvalue weighted by molar-refractivity contribution is 5.87. The van der Waals surface area contributed by atoms with E-state index in [-0.39, 0.29) is 18.2 Å². The van der Waals surface area contributed by atoms with E-state index in [0.717, 1.165) is 18.4 Å². The number of ether oxygens (including phenoxy) is 1. The molecule has 26 heavy (non-hydrogen) atoms. The lowest BCUT2D eigenvalue weighted by Gasteiger charge is -2.41. The summed E-state index contributed by atoms with van der Waals surface area (Å²) in [5.41, 5.74) is 0.773. The van der Waals surface area contributed by atoms with Crippen molar-refractivity contribution < 1.29 is 24.2 Å². The minimum Gasteiger partial charge on any atom is -0.496 e. The van der Waals surface area contributed by atoms with Crippen molar-refractivity contribution in [1.29, 1.82) is 0 Å². The van der Waals surface area contributed by atoms with E-state index in [1.165, 1.54) is 0 Å². The number of hydrogen-bond acceptors (Lipinski definition) is 4. The van der Waals surface area contributed by atoms with Gasteiger partial charge >= 0.3 is 5.97 Å². The molecule has 2 atom stereocenters. The predicted molar refractivity (Wildman–Crippen MR) is 95.7 cm³/mol. The van der Waals surface area contributed by atoms with E-state index in [1.54, 1.807) is 18.1 Å². The van der Waals surface area contributed by atoms with Crippen molar-refractivity contribution in [2.45, 2.75) is 38.6 Å². The fraction of sp³-hybridized carbons (Fsp3) is 0.526. The maximum atomic E-state index is 12.7. The molecule has 2 unspecified atom stereocenters. The van der Waals surface area contributed by atoms with E-state index >= 15 is 0 Å². The van der Waals surface area contributed by atoms with Crippen LogP contribution in [0, 0.1) is 5.92 Å². The van der Waals surface area contributed by atoms with Crippen LogP contribution in [0.4, 0.5) is 0 Å². The summed E-state index contributed by atoms with van der Waals surface area (Å²) in [6.07, 6.45) is 2.43. The topological polar surface area (TPSA) is 95.9 Å². The van der Waals surface area contributed by atoms with Crippen LogP contribution in [0.15, 0.2) is 24.3 Å². The smallest absolute Gasteiger partial charge is 0.322 e. The third-order valence-electron chi connectivity index (χ3n) is 4.67. The number of benzene rings is 1. The molecule has 1 aromatic rings. The molecule has 2 N–H and O–H groups in total. The Balaban J connectivity index is 2.39. The molecule has 1 aliphatic rings. The van der Waals surface area contributed by atoms with E-state index in [2.05, 4.69) is 5.32 Å². The first-order valence-corrected chi connectivity index (χ1v) is 8.91. The average molecular weight is 362 g/mol. The molecule has 0 bridgehead atoms. The molecule has 0 aliphatic carbocycles. The number of carbonyl (C=O) groups excluding carboxylic acids is 2. The van der Waals surface area contributed by atoms with Gasteiger partial charge in [0.25, 0.3) is 0 Å². The quantitative estimate of drug-likeness (QED) is 0.737. The monoisotopic (exact) mass is 362 g/mol. The molecule has 7 heteroatoms. The summed E-state index contributed by atoms with van der Waals surface area (Å²) < 4.78 is 5.45. The first kappa shape index (κ1) is 19.8. The zero-order chi connectivity index (χ0) is 19.1. The standard InChI is InChI=1S/C19H26N2O5/c1-3-4-11-21-16(22)10-9-14(19(25)20-12-17(23)24)18(21)13-7-5-6-8-15(13)26-2/h5-8,14,18H,3-4,9-12H2,1-2H3,(H,20,25)(H,23,24). The molecule has 2 amide bonds. The average Bonchev–Trinajstić information content (AvgIpc) is 2.64. The number of carboxylic acids is 1. The highest BCUT2D eigenvalue weighted by Crippen LogP contribution is 2.40. The van der Waals surface area contributed by atoms with Gasteiger partial charge in [0, 0.05) is 18.5 Å². The number of rotatable bonds is 8. The summed E-state index contributed by atoms with van der Waals surface area (Å²) in [6, 6.07) is 6.88. The van der Waals surface area contributed by atoms with Crippen molar-refractivity contribution in [2.75, 3.05) is 20.2 Å². The number of aliphatic carboxylic acids is 1. The zero-order valence-corrected chi connectivity index (χ0v) is 15.2. The van der Waals surface area contributed by atoms with Crippen LogP contribution in [0.3, 0.4) is 0 Å². The predicted octanol–water partition coefficient (Wildman–Crippen LogP) is 1.98.